The second-order valence-corrected chi connectivity index (χ2v) is 8.90. The second-order valence-electron chi connectivity index (χ2n) is 7.25. The lowest BCUT2D eigenvalue weighted by Gasteiger charge is -2.26. The van der Waals surface area contributed by atoms with E-state index in [0.717, 1.165) is 12.0 Å². The average Bonchev–Trinajstić information content (AvgIpc) is 3.41. The van der Waals surface area contributed by atoms with E-state index >= 15 is 0 Å². The maximum Gasteiger partial charge on any atom is 0.265 e. The summed E-state index contributed by atoms with van der Waals surface area (Å²) in [6.07, 6.45) is 2.29. The number of morpholine rings is 1. The number of aromatic amines is 1. The molecular weight excluding hydrogens is 420 g/mol. The van der Waals surface area contributed by atoms with Gasteiger partial charge in [0.2, 0.25) is 0 Å². The Hall–Kier alpha value is -3.11. The minimum absolute atomic E-state index is 0.00133. The Labute approximate surface area is 180 Å². The SMILES string of the molecule is CCc1ccc(NS(=O)(=O)c2cc(-c3[nH]ncc3C(=O)N3CCOCC3)oc2C)cc1. The summed E-state index contributed by atoms with van der Waals surface area (Å²) in [7, 11) is -3.88. The number of ether oxygens (including phenoxy) is 1. The number of H-pyrrole nitrogens is 1. The highest BCUT2D eigenvalue weighted by Crippen LogP contribution is 2.30. The summed E-state index contributed by atoms with van der Waals surface area (Å²) < 4.78 is 39.5. The molecule has 0 aliphatic carbocycles. The first kappa shape index (κ1) is 21.1. The quantitative estimate of drug-likeness (QED) is 0.604. The molecule has 10 heteroatoms. The number of carbonyl (C=O) groups is 1. The van der Waals surface area contributed by atoms with Gasteiger partial charge in [-0.2, -0.15) is 5.10 Å². The van der Waals surface area contributed by atoms with Crippen molar-refractivity contribution in [2.45, 2.75) is 25.2 Å². The Morgan fingerprint density at radius 2 is 1.94 bits per heavy atom. The standard InChI is InChI=1S/C21H24N4O5S/c1-3-15-4-6-16(7-5-15)24-31(27,28)19-12-18(30-14(19)2)20-17(13-22-23-20)21(26)25-8-10-29-11-9-25/h4-7,12-13,24H,3,8-11H2,1-2H3,(H,22,23). The molecule has 0 unspecified atom stereocenters. The van der Waals surface area contributed by atoms with Gasteiger partial charge in [0.1, 0.15) is 16.3 Å². The molecule has 1 aromatic carbocycles. The maximum atomic E-state index is 12.9. The van der Waals surface area contributed by atoms with Crippen molar-refractivity contribution in [2.24, 2.45) is 0 Å². The number of hydrogen-bond donors (Lipinski definition) is 2. The van der Waals surface area contributed by atoms with E-state index in [0.29, 0.717) is 43.2 Å². The molecule has 4 rings (SSSR count). The number of amides is 1. The fraction of sp³-hybridized carbons (Fsp3) is 0.333. The molecule has 1 aliphatic heterocycles. The van der Waals surface area contributed by atoms with Crippen LogP contribution in [0, 0.1) is 6.92 Å². The van der Waals surface area contributed by atoms with Crippen molar-refractivity contribution in [3.63, 3.8) is 0 Å². The minimum Gasteiger partial charge on any atom is -0.458 e. The van der Waals surface area contributed by atoms with Gasteiger partial charge in [0.05, 0.1) is 25.0 Å². The lowest BCUT2D eigenvalue weighted by Crippen LogP contribution is -2.40. The number of benzene rings is 1. The topological polar surface area (TPSA) is 118 Å². The van der Waals surface area contributed by atoms with Crippen LogP contribution in [0.1, 0.15) is 28.6 Å². The third-order valence-corrected chi connectivity index (χ3v) is 6.68. The van der Waals surface area contributed by atoms with Crippen LogP contribution in [-0.2, 0) is 21.2 Å². The normalized spacial score (nSPS) is 14.6. The van der Waals surface area contributed by atoms with Gasteiger partial charge in [-0.3, -0.25) is 14.6 Å². The van der Waals surface area contributed by atoms with Crippen molar-refractivity contribution in [1.82, 2.24) is 15.1 Å². The molecule has 9 nitrogen and oxygen atoms in total. The maximum absolute atomic E-state index is 12.9. The van der Waals surface area contributed by atoms with Crippen LogP contribution < -0.4 is 4.72 Å². The fourth-order valence-electron chi connectivity index (χ4n) is 3.45. The molecule has 3 aromatic rings. The molecule has 31 heavy (non-hydrogen) atoms. The summed E-state index contributed by atoms with van der Waals surface area (Å²) in [5.74, 6) is 0.236. The number of anilines is 1. The zero-order chi connectivity index (χ0) is 22.0. The molecule has 2 aromatic heterocycles. The lowest BCUT2D eigenvalue weighted by atomic mass is 10.2. The lowest BCUT2D eigenvalue weighted by molar-refractivity contribution is 0.0303. The van der Waals surface area contributed by atoms with Gasteiger partial charge in [-0.25, -0.2) is 8.42 Å². The predicted molar refractivity (Wildman–Crippen MR) is 114 cm³/mol. The van der Waals surface area contributed by atoms with Crippen LogP contribution in [0.5, 0.6) is 0 Å². The van der Waals surface area contributed by atoms with E-state index in [1.807, 2.05) is 19.1 Å². The van der Waals surface area contributed by atoms with Crippen LogP contribution in [-0.4, -0.2) is 55.7 Å². The zero-order valence-corrected chi connectivity index (χ0v) is 18.2. The molecule has 1 saturated heterocycles. The van der Waals surface area contributed by atoms with Crippen molar-refractivity contribution in [3.8, 4) is 11.5 Å². The predicted octanol–water partition coefficient (Wildman–Crippen LogP) is 2.81. The van der Waals surface area contributed by atoms with Crippen LogP contribution in [0.15, 0.2) is 45.8 Å². The number of hydrogen-bond acceptors (Lipinski definition) is 6. The third-order valence-electron chi connectivity index (χ3n) is 5.19. The van der Waals surface area contributed by atoms with Crippen molar-refractivity contribution in [3.05, 3.63) is 53.4 Å². The van der Waals surface area contributed by atoms with Gasteiger partial charge >= 0.3 is 0 Å². The number of aromatic nitrogens is 2. The number of nitrogens with zero attached hydrogens (tertiary/aromatic N) is 2. The fourth-order valence-corrected chi connectivity index (χ4v) is 4.69. The number of sulfonamides is 1. The highest BCUT2D eigenvalue weighted by Gasteiger charge is 2.27. The van der Waals surface area contributed by atoms with E-state index in [9.17, 15) is 13.2 Å². The monoisotopic (exact) mass is 444 g/mol. The Bertz CT molecular complexity index is 1170. The van der Waals surface area contributed by atoms with Gasteiger partial charge in [-0.15, -0.1) is 0 Å². The number of aryl methyl sites for hydroxylation is 2. The van der Waals surface area contributed by atoms with Crippen molar-refractivity contribution in [1.29, 1.82) is 0 Å². The summed E-state index contributed by atoms with van der Waals surface area (Å²) in [4.78, 5) is 14.5. The van der Waals surface area contributed by atoms with Crippen LogP contribution in [0.3, 0.4) is 0 Å². The van der Waals surface area contributed by atoms with Gasteiger partial charge in [-0.05, 0) is 31.0 Å². The molecule has 164 valence electrons. The number of rotatable bonds is 6. The van der Waals surface area contributed by atoms with Crippen LogP contribution >= 0.6 is 0 Å². The average molecular weight is 445 g/mol. The van der Waals surface area contributed by atoms with E-state index in [1.165, 1.54) is 12.3 Å². The molecule has 0 radical (unpaired) electrons. The highest BCUT2D eigenvalue weighted by atomic mass is 32.2. The first-order chi connectivity index (χ1) is 14.9. The molecule has 0 bridgehead atoms. The molecular formula is C21H24N4O5S. The Morgan fingerprint density at radius 1 is 1.23 bits per heavy atom. The second kappa shape index (κ2) is 8.56. The van der Waals surface area contributed by atoms with E-state index in [1.54, 1.807) is 24.0 Å². The van der Waals surface area contributed by atoms with E-state index in [-0.39, 0.29) is 22.3 Å². The molecule has 0 atom stereocenters. The van der Waals surface area contributed by atoms with E-state index < -0.39 is 10.0 Å². The Kier molecular flexibility index (Phi) is 5.84. The van der Waals surface area contributed by atoms with Crippen LogP contribution in [0.4, 0.5) is 5.69 Å². The smallest absolute Gasteiger partial charge is 0.265 e. The molecule has 1 fully saturated rings. The Morgan fingerprint density at radius 3 is 2.61 bits per heavy atom. The van der Waals surface area contributed by atoms with Crippen molar-refractivity contribution >= 4 is 21.6 Å². The van der Waals surface area contributed by atoms with E-state index in [4.69, 9.17) is 9.15 Å². The van der Waals surface area contributed by atoms with Gasteiger partial charge in [0, 0.05) is 24.8 Å². The molecule has 1 amide bonds. The van der Waals surface area contributed by atoms with Crippen LogP contribution in [0.2, 0.25) is 0 Å². The number of furan rings is 1. The summed E-state index contributed by atoms with van der Waals surface area (Å²) in [6, 6.07) is 8.60. The first-order valence-electron chi connectivity index (χ1n) is 10.0. The first-order valence-corrected chi connectivity index (χ1v) is 11.5. The molecule has 3 heterocycles. The van der Waals surface area contributed by atoms with Gasteiger partial charge in [0.15, 0.2) is 5.76 Å². The largest absolute Gasteiger partial charge is 0.458 e. The summed E-state index contributed by atoms with van der Waals surface area (Å²) in [6.45, 7) is 5.53. The van der Waals surface area contributed by atoms with Crippen molar-refractivity contribution < 1.29 is 22.4 Å². The van der Waals surface area contributed by atoms with Crippen LogP contribution in [0.25, 0.3) is 11.5 Å². The summed E-state index contributed by atoms with van der Waals surface area (Å²) in [5, 5.41) is 6.73. The van der Waals surface area contributed by atoms with Gasteiger partial charge < -0.3 is 14.1 Å². The minimum atomic E-state index is -3.88. The highest BCUT2D eigenvalue weighted by molar-refractivity contribution is 7.92. The number of carbonyl (C=O) groups excluding carboxylic acids is 1. The van der Waals surface area contributed by atoms with Gasteiger partial charge in [-0.1, -0.05) is 19.1 Å². The number of nitrogens with one attached hydrogen (secondary N) is 2. The molecule has 0 spiro atoms. The zero-order valence-electron chi connectivity index (χ0n) is 17.3. The molecule has 1 aliphatic rings. The summed E-state index contributed by atoms with van der Waals surface area (Å²) >= 11 is 0. The Balaban J connectivity index is 1.60. The van der Waals surface area contributed by atoms with Gasteiger partial charge in [0.25, 0.3) is 15.9 Å². The molecule has 0 saturated carbocycles. The van der Waals surface area contributed by atoms with E-state index in [2.05, 4.69) is 14.9 Å². The summed E-state index contributed by atoms with van der Waals surface area (Å²) in [5.41, 5.74) is 2.24. The third kappa shape index (κ3) is 4.35. The molecule has 2 N–H and O–H groups in total. The van der Waals surface area contributed by atoms with Crippen molar-refractivity contribution in [2.75, 3.05) is 31.0 Å².